The highest BCUT2D eigenvalue weighted by Crippen LogP contribution is 2.21. The first-order valence-electron chi connectivity index (χ1n) is 7.36. The standard InChI is InChI=1S/C17H16N4O2S/c1-11-12(2)24-17(20-11)21-16(22)14-8-15(19-10-18-14)23-9-13-6-4-3-5-7-13/h3-8,10H,9H2,1-2H3,(H,20,21,22). The Labute approximate surface area is 143 Å². The second-order valence-electron chi connectivity index (χ2n) is 5.13. The SMILES string of the molecule is Cc1nc(NC(=O)c2cc(OCc3ccccc3)ncn2)sc1C. The smallest absolute Gasteiger partial charge is 0.276 e. The van der Waals surface area contributed by atoms with Gasteiger partial charge in [-0.25, -0.2) is 15.0 Å². The first kappa shape index (κ1) is 16.1. The largest absolute Gasteiger partial charge is 0.473 e. The quantitative estimate of drug-likeness (QED) is 0.770. The number of nitrogens with zero attached hydrogens (tertiary/aromatic N) is 3. The van der Waals surface area contributed by atoms with Gasteiger partial charge in [-0.05, 0) is 19.4 Å². The van der Waals surface area contributed by atoms with Crippen LogP contribution in [0.2, 0.25) is 0 Å². The van der Waals surface area contributed by atoms with Crippen LogP contribution in [0.1, 0.15) is 26.6 Å². The highest BCUT2D eigenvalue weighted by atomic mass is 32.1. The molecule has 1 amide bonds. The van der Waals surface area contributed by atoms with Gasteiger partial charge in [-0.3, -0.25) is 10.1 Å². The second kappa shape index (κ2) is 7.18. The van der Waals surface area contributed by atoms with Gasteiger partial charge >= 0.3 is 0 Å². The van der Waals surface area contributed by atoms with E-state index >= 15 is 0 Å². The molecule has 0 unspecified atom stereocenters. The number of thiazole rings is 1. The van der Waals surface area contributed by atoms with Crippen molar-refractivity contribution in [1.29, 1.82) is 0 Å². The normalized spacial score (nSPS) is 10.4. The molecular weight excluding hydrogens is 324 g/mol. The van der Waals surface area contributed by atoms with Gasteiger partial charge in [0.25, 0.3) is 5.91 Å². The lowest BCUT2D eigenvalue weighted by atomic mass is 10.2. The minimum atomic E-state index is -0.337. The molecule has 0 radical (unpaired) electrons. The number of aromatic nitrogens is 3. The molecule has 1 N–H and O–H groups in total. The zero-order valence-electron chi connectivity index (χ0n) is 13.3. The molecule has 0 saturated heterocycles. The highest BCUT2D eigenvalue weighted by molar-refractivity contribution is 7.15. The number of aryl methyl sites for hydroxylation is 2. The van der Waals surface area contributed by atoms with Crippen LogP contribution in [0.5, 0.6) is 5.88 Å². The van der Waals surface area contributed by atoms with E-state index in [4.69, 9.17) is 4.74 Å². The third-order valence-corrected chi connectivity index (χ3v) is 4.34. The highest BCUT2D eigenvalue weighted by Gasteiger charge is 2.12. The molecular formula is C17H16N4O2S. The molecule has 2 aromatic heterocycles. The van der Waals surface area contributed by atoms with Gasteiger partial charge in [-0.1, -0.05) is 30.3 Å². The maximum Gasteiger partial charge on any atom is 0.276 e. The van der Waals surface area contributed by atoms with Crippen molar-refractivity contribution in [2.45, 2.75) is 20.5 Å². The van der Waals surface area contributed by atoms with Crippen molar-refractivity contribution in [2.75, 3.05) is 5.32 Å². The lowest BCUT2D eigenvalue weighted by Gasteiger charge is -2.06. The van der Waals surface area contributed by atoms with Crippen molar-refractivity contribution in [3.8, 4) is 5.88 Å². The zero-order valence-corrected chi connectivity index (χ0v) is 14.1. The molecule has 122 valence electrons. The Morgan fingerprint density at radius 2 is 2.00 bits per heavy atom. The molecule has 0 spiro atoms. The lowest BCUT2D eigenvalue weighted by molar-refractivity contribution is 0.102. The summed E-state index contributed by atoms with van der Waals surface area (Å²) in [6, 6.07) is 11.3. The third kappa shape index (κ3) is 3.94. The fraction of sp³-hybridized carbons (Fsp3) is 0.176. The molecule has 6 nitrogen and oxygen atoms in total. The van der Waals surface area contributed by atoms with Gasteiger partial charge in [0.05, 0.1) is 5.69 Å². The van der Waals surface area contributed by atoms with E-state index in [0.29, 0.717) is 17.6 Å². The molecule has 0 aliphatic carbocycles. The van der Waals surface area contributed by atoms with Crippen LogP contribution in [0, 0.1) is 13.8 Å². The number of anilines is 1. The van der Waals surface area contributed by atoms with E-state index in [0.717, 1.165) is 16.1 Å². The summed E-state index contributed by atoms with van der Waals surface area (Å²) in [6.07, 6.45) is 1.31. The number of rotatable bonds is 5. The van der Waals surface area contributed by atoms with Gasteiger partial charge in [-0.2, -0.15) is 0 Å². The Hall–Kier alpha value is -2.80. The number of ether oxygens (including phenoxy) is 1. The van der Waals surface area contributed by atoms with Crippen molar-refractivity contribution in [3.05, 3.63) is 64.6 Å². The summed E-state index contributed by atoms with van der Waals surface area (Å²) >= 11 is 1.43. The van der Waals surface area contributed by atoms with E-state index in [9.17, 15) is 4.79 Å². The summed E-state index contributed by atoms with van der Waals surface area (Å²) in [6.45, 7) is 4.24. The van der Waals surface area contributed by atoms with E-state index in [1.54, 1.807) is 0 Å². The van der Waals surface area contributed by atoms with Crippen LogP contribution in [-0.4, -0.2) is 20.9 Å². The van der Waals surface area contributed by atoms with Crippen LogP contribution in [0.15, 0.2) is 42.7 Å². The number of carbonyl (C=O) groups is 1. The molecule has 1 aromatic carbocycles. The number of benzene rings is 1. The van der Waals surface area contributed by atoms with Crippen LogP contribution in [-0.2, 0) is 6.61 Å². The number of nitrogens with one attached hydrogen (secondary N) is 1. The number of carbonyl (C=O) groups excluding carboxylic acids is 1. The summed E-state index contributed by atoms with van der Waals surface area (Å²) in [7, 11) is 0. The number of hydrogen-bond acceptors (Lipinski definition) is 6. The van der Waals surface area contributed by atoms with Crippen molar-refractivity contribution in [1.82, 2.24) is 15.0 Å². The predicted molar refractivity (Wildman–Crippen MR) is 92.3 cm³/mol. The molecule has 3 aromatic rings. The van der Waals surface area contributed by atoms with Crippen LogP contribution in [0.25, 0.3) is 0 Å². The molecule has 0 aliphatic heterocycles. The summed E-state index contributed by atoms with van der Waals surface area (Å²) in [5.41, 5.74) is 2.17. The average Bonchev–Trinajstić information content (AvgIpc) is 2.91. The first-order chi connectivity index (χ1) is 11.6. The topological polar surface area (TPSA) is 77.0 Å². The van der Waals surface area contributed by atoms with E-state index in [1.807, 2.05) is 44.2 Å². The summed E-state index contributed by atoms with van der Waals surface area (Å²) in [5, 5.41) is 3.30. The van der Waals surface area contributed by atoms with Gasteiger partial charge in [0.2, 0.25) is 5.88 Å². The predicted octanol–water partition coefficient (Wildman–Crippen LogP) is 3.38. The minimum Gasteiger partial charge on any atom is -0.473 e. The van der Waals surface area contributed by atoms with Crippen LogP contribution >= 0.6 is 11.3 Å². The molecule has 2 heterocycles. The van der Waals surface area contributed by atoms with E-state index in [2.05, 4.69) is 20.3 Å². The Morgan fingerprint density at radius 1 is 1.21 bits per heavy atom. The molecule has 0 atom stereocenters. The van der Waals surface area contributed by atoms with Gasteiger partial charge in [-0.15, -0.1) is 11.3 Å². The minimum absolute atomic E-state index is 0.235. The third-order valence-electron chi connectivity index (χ3n) is 3.35. The average molecular weight is 340 g/mol. The maximum absolute atomic E-state index is 12.3. The fourth-order valence-electron chi connectivity index (χ4n) is 1.96. The van der Waals surface area contributed by atoms with Crippen molar-refractivity contribution >= 4 is 22.4 Å². The number of hydrogen-bond donors (Lipinski definition) is 1. The Bertz CT molecular complexity index is 829. The summed E-state index contributed by atoms with van der Waals surface area (Å²) in [5.74, 6) is 0.0150. The van der Waals surface area contributed by atoms with Crippen molar-refractivity contribution in [3.63, 3.8) is 0 Å². The van der Waals surface area contributed by atoms with Crippen molar-refractivity contribution in [2.24, 2.45) is 0 Å². The summed E-state index contributed by atoms with van der Waals surface area (Å²) < 4.78 is 5.61. The van der Waals surface area contributed by atoms with E-state index < -0.39 is 0 Å². The van der Waals surface area contributed by atoms with Gasteiger partial charge in [0.15, 0.2) is 5.13 Å². The van der Waals surface area contributed by atoms with Gasteiger partial charge in [0, 0.05) is 10.9 Å². The molecule has 0 saturated carbocycles. The second-order valence-corrected chi connectivity index (χ2v) is 6.33. The zero-order chi connectivity index (χ0) is 16.9. The van der Waals surface area contributed by atoms with Crippen molar-refractivity contribution < 1.29 is 9.53 Å². The lowest BCUT2D eigenvalue weighted by Crippen LogP contribution is -2.14. The van der Waals surface area contributed by atoms with E-state index in [1.165, 1.54) is 23.7 Å². The molecule has 7 heteroatoms. The van der Waals surface area contributed by atoms with Gasteiger partial charge in [0.1, 0.15) is 18.6 Å². The monoisotopic (exact) mass is 340 g/mol. The van der Waals surface area contributed by atoms with E-state index in [-0.39, 0.29) is 11.6 Å². The fourth-order valence-corrected chi connectivity index (χ4v) is 2.77. The van der Waals surface area contributed by atoms with Crippen LogP contribution in [0.3, 0.4) is 0 Å². The molecule has 3 rings (SSSR count). The van der Waals surface area contributed by atoms with Gasteiger partial charge < -0.3 is 4.74 Å². The summed E-state index contributed by atoms with van der Waals surface area (Å²) in [4.78, 5) is 25.7. The molecule has 24 heavy (non-hydrogen) atoms. The van der Waals surface area contributed by atoms with Crippen LogP contribution in [0.4, 0.5) is 5.13 Å². The molecule has 0 aliphatic rings. The molecule has 0 fully saturated rings. The first-order valence-corrected chi connectivity index (χ1v) is 8.17. The Morgan fingerprint density at radius 3 is 2.71 bits per heavy atom. The molecule has 0 bridgehead atoms. The Kier molecular flexibility index (Phi) is 4.81. The maximum atomic E-state index is 12.3. The van der Waals surface area contributed by atoms with Crippen LogP contribution < -0.4 is 10.1 Å². The Balaban J connectivity index is 1.66. The number of amides is 1.